The molecular weight excluding hydrogens is 356 g/mol. The molecule has 0 saturated carbocycles. The fourth-order valence-electron chi connectivity index (χ4n) is 2.97. The Morgan fingerprint density at radius 2 is 1.81 bits per heavy atom. The second kappa shape index (κ2) is 8.18. The first-order chi connectivity index (χ1) is 12.1. The van der Waals surface area contributed by atoms with E-state index in [1.165, 1.54) is 35.5 Å². The lowest BCUT2D eigenvalue weighted by atomic mass is 10.0. The summed E-state index contributed by atoms with van der Waals surface area (Å²) in [7, 11) is -3.58. The highest BCUT2D eigenvalue weighted by Gasteiger charge is 2.31. The van der Waals surface area contributed by atoms with E-state index in [1.807, 2.05) is 6.92 Å². The van der Waals surface area contributed by atoms with Crippen molar-refractivity contribution in [3.05, 3.63) is 29.8 Å². The van der Waals surface area contributed by atoms with Crippen LogP contribution in [0.1, 0.15) is 50.4 Å². The van der Waals surface area contributed by atoms with Crippen molar-refractivity contribution in [2.75, 3.05) is 6.54 Å². The van der Waals surface area contributed by atoms with Gasteiger partial charge in [-0.05, 0) is 57.9 Å². The number of piperidine rings is 1. The third kappa shape index (κ3) is 4.42. The maximum atomic E-state index is 12.8. The molecule has 2 N–H and O–H groups in total. The Labute approximate surface area is 154 Å². The van der Waals surface area contributed by atoms with Gasteiger partial charge in [0.1, 0.15) is 0 Å². The fraction of sp³-hybridized carbons (Fsp3) is 0.556. The molecule has 144 valence electrons. The number of amides is 1. The van der Waals surface area contributed by atoms with Gasteiger partial charge in [0.15, 0.2) is 0 Å². The maximum absolute atomic E-state index is 12.8. The zero-order valence-corrected chi connectivity index (χ0v) is 16.1. The van der Waals surface area contributed by atoms with Crippen LogP contribution >= 0.6 is 0 Å². The number of sulfonamides is 1. The molecule has 3 atom stereocenters. The van der Waals surface area contributed by atoms with Gasteiger partial charge in [0.05, 0.1) is 10.8 Å². The van der Waals surface area contributed by atoms with Gasteiger partial charge in [-0.2, -0.15) is 4.31 Å². The fourth-order valence-corrected chi connectivity index (χ4v) is 4.67. The third-order valence-electron chi connectivity index (χ3n) is 4.96. The number of carbonyl (C=O) groups excluding carboxylic acids is 1. The molecular formula is C18H26N2O5S. The second-order valence-electron chi connectivity index (χ2n) is 6.87. The van der Waals surface area contributed by atoms with Crippen LogP contribution < -0.4 is 5.32 Å². The van der Waals surface area contributed by atoms with Gasteiger partial charge in [0, 0.05) is 24.2 Å². The van der Waals surface area contributed by atoms with E-state index in [9.17, 15) is 18.0 Å². The number of carboxylic acid groups (broad SMARTS) is 1. The van der Waals surface area contributed by atoms with Crippen LogP contribution in [-0.4, -0.2) is 48.3 Å². The molecule has 0 spiro atoms. The highest BCUT2D eigenvalue weighted by Crippen LogP contribution is 2.25. The number of rotatable bonds is 6. The van der Waals surface area contributed by atoms with E-state index in [-0.39, 0.29) is 10.9 Å². The summed E-state index contributed by atoms with van der Waals surface area (Å²) in [5.41, 5.74) is 0.292. The van der Waals surface area contributed by atoms with E-state index in [2.05, 4.69) is 5.32 Å². The van der Waals surface area contributed by atoms with E-state index in [0.717, 1.165) is 19.3 Å². The van der Waals surface area contributed by atoms with Gasteiger partial charge in [0.2, 0.25) is 10.0 Å². The molecule has 8 heteroatoms. The van der Waals surface area contributed by atoms with Crippen LogP contribution in [0.2, 0.25) is 0 Å². The normalized spacial score (nSPS) is 21.0. The van der Waals surface area contributed by atoms with Crippen LogP contribution in [-0.2, 0) is 14.8 Å². The molecule has 1 fully saturated rings. The summed E-state index contributed by atoms with van der Waals surface area (Å²) >= 11 is 0. The number of hydrogen-bond donors (Lipinski definition) is 2. The summed E-state index contributed by atoms with van der Waals surface area (Å²) < 4.78 is 27.1. The minimum atomic E-state index is -3.58. The SMILES string of the molecule is CC(NC(=O)c1ccc(S(=O)(=O)N2CCCCC2C)cc1)C(C)C(=O)O. The van der Waals surface area contributed by atoms with Crippen molar-refractivity contribution in [3.8, 4) is 0 Å². The van der Waals surface area contributed by atoms with E-state index in [0.29, 0.717) is 12.1 Å². The van der Waals surface area contributed by atoms with Crippen molar-refractivity contribution < 1.29 is 23.1 Å². The topological polar surface area (TPSA) is 104 Å². The lowest BCUT2D eigenvalue weighted by Gasteiger charge is -2.32. The van der Waals surface area contributed by atoms with Crippen LogP contribution in [0.15, 0.2) is 29.2 Å². The molecule has 1 aromatic rings. The van der Waals surface area contributed by atoms with Gasteiger partial charge in [-0.25, -0.2) is 8.42 Å². The molecule has 26 heavy (non-hydrogen) atoms. The Bertz CT molecular complexity index is 760. The first-order valence-electron chi connectivity index (χ1n) is 8.80. The molecule has 2 rings (SSSR count). The first kappa shape index (κ1) is 20.4. The van der Waals surface area contributed by atoms with Gasteiger partial charge in [-0.15, -0.1) is 0 Å². The predicted octanol–water partition coefficient (Wildman–Crippen LogP) is 2.09. The van der Waals surface area contributed by atoms with Crippen molar-refractivity contribution in [2.24, 2.45) is 5.92 Å². The summed E-state index contributed by atoms with van der Waals surface area (Å²) in [4.78, 5) is 23.4. The minimum absolute atomic E-state index is 0.0323. The highest BCUT2D eigenvalue weighted by atomic mass is 32.2. The molecule has 1 heterocycles. The average molecular weight is 382 g/mol. The van der Waals surface area contributed by atoms with E-state index < -0.39 is 33.9 Å². The number of hydrogen-bond acceptors (Lipinski definition) is 4. The number of benzene rings is 1. The number of aliphatic carboxylic acids is 1. The maximum Gasteiger partial charge on any atom is 0.308 e. The van der Waals surface area contributed by atoms with Crippen molar-refractivity contribution >= 4 is 21.9 Å². The Morgan fingerprint density at radius 3 is 2.35 bits per heavy atom. The van der Waals surface area contributed by atoms with E-state index in [1.54, 1.807) is 6.92 Å². The van der Waals surface area contributed by atoms with E-state index >= 15 is 0 Å². The van der Waals surface area contributed by atoms with Crippen molar-refractivity contribution in [3.63, 3.8) is 0 Å². The predicted molar refractivity (Wildman–Crippen MR) is 97.4 cm³/mol. The lowest BCUT2D eigenvalue weighted by molar-refractivity contribution is -0.141. The second-order valence-corrected chi connectivity index (χ2v) is 8.76. The van der Waals surface area contributed by atoms with Gasteiger partial charge in [-0.3, -0.25) is 9.59 Å². The Balaban J connectivity index is 2.12. The van der Waals surface area contributed by atoms with Crippen molar-refractivity contribution in [1.29, 1.82) is 0 Å². The monoisotopic (exact) mass is 382 g/mol. The summed E-state index contributed by atoms with van der Waals surface area (Å²) in [5.74, 6) is -2.14. The van der Waals surface area contributed by atoms with E-state index in [4.69, 9.17) is 5.11 Å². The molecule has 1 amide bonds. The van der Waals surface area contributed by atoms with Gasteiger partial charge in [-0.1, -0.05) is 6.42 Å². The number of nitrogens with zero attached hydrogens (tertiary/aromatic N) is 1. The lowest BCUT2D eigenvalue weighted by Crippen LogP contribution is -2.42. The molecule has 0 bridgehead atoms. The van der Waals surface area contributed by atoms with Gasteiger partial charge < -0.3 is 10.4 Å². The summed E-state index contributed by atoms with van der Waals surface area (Å²) in [6.45, 7) is 5.55. The molecule has 1 saturated heterocycles. The number of carboxylic acids is 1. The number of carbonyl (C=O) groups is 2. The summed E-state index contributed by atoms with van der Waals surface area (Å²) in [5, 5.41) is 11.6. The van der Waals surface area contributed by atoms with Crippen LogP contribution in [0.25, 0.3) is 0 Å². The number of nitrogens with one attached hydrogen (secondary N) is 1. The molecule has 0 aliphatic carbocycles. The molecule has 0 radical (unpaired) electrons. The quantitative estimate of drug-likeness (QED) is 0.784. The highest BCUT2D eigenvalue weighted by molar-refractivity contribution is 7.89. The average Bonchev–Trinajstić information content (AvgIpc) is 2.61. The zero-order valence-electron chi connectivity index (χ0n) is 15.3. The smallest absolute Gasteiger partial charge is 0.308 e. The van der Waals surface area contributed by atoms with Crippen LogP contribution in [0.4, 0.5) is 0 Å². The molecule has 7 nitrogen and oxygen atoms in total. The Hall–Kier alpha value is -1.93. The molecule has 3 unspecified atom stereocenters. The first-order valence-corrected chi connectivity index (χ1v) is 10.2. The van der Waals surface area contributed by atoms with Gasteiger partial charge >= 0.3 is 5.97 Å². The largest absolute Gasteiger partial charge is 0.481 e. The van der Waals surface area contributed by atoms with Crippen LogP contribution in [0.5, 0.6) is 0 Å². The summed E-state index contributed by atoms with van der Waals surface area (Å²) in [6, 6.07) is 5.19. The minimum Gasteiger partial charge on any atom is -0.481 e. The standard InChI is InChI=1S/C18H26N2O5S/c1-12-6-4-5-11-20(12)26(24,25)16-9-7-15(8-10-16)17(21)19-14(3)13(2)18(22)23/h7-10,12-14H,4-6,11H2,1-3H3,(H,19,21)(H,22,23). The molecule has 1 aliphatic heterocycles. The molecule has 1 aliphatic rings. The molecule has 0 aromatic heterocycles. The third-order valence-corrected chi connectivity index (χ3v) is 6.99. The Kier molecular flexibility index (Phi) is 6.41. The zero-order chi connectivity index (χ0) is 19.5. The van der Waals surface area contributed by atoms with Crippen molar-refractivity contribution in [1.82, 2.24) is 9.62 Å². The van der Waals surface area contributed by atoms with Crippen LogP contribution in [0.3, 0.4) is 0 Å². The molecule has 1 aromatic carbocycles. The van der Waals surface area contributed by atoms with Crippen LogP contribution in [0, 0.1) is 5.92 Å². The Morgan fingerprint density at radius 1 is 1.19 bits per heavy atom. The van der Waals surface area contributed by atoms with Gasteiger partial charge in [0.25, 0.3) is 5.91 Å². The van der Waals surface area contributed by atoms with Crippen molar-refractivity contribution in [2.45, 2.75) is 57.0 Å². The summed E-state index contributed by atoms with van der Waals surface area (Å²) in [6.07, 6.45) is 2.72.